The molecule has 0 aromatic heterocycles. The summed E-state index contributed by atoms with van der Waals surface area (Å²) >= 11 is 0. The maximum absolute atomic E-state index is 12.0. The summed E-state index contributed by atoms with van der Waals surface area (Å²) in [4.78, 5) is 14.4. The first-order valence-corrected chi connectivity index (χ1v) is 8.94. The van der Waals surface area contributed by atoms with E-state index in [2.05, 4.69) is 53.4 Å². The summed E-state index contributed by atoms with van der Waals surface area (Å²) in [7, 11) is 0. The summed E-state index contributed by atoms with van der Waals surface area (Å²) in [6.45, 7) is 8.18. The smallest absolute Gasteiger partial charge is 0.307 e. The van der Waals surface area contributed by atoms with E-state index in [4.69, 9.17) is 4.74 Å². The number of hydrogen-bond acceptors (Lipinski definition) is 3. The number of carbonyl (C=O) groups excluding carboxylic acids is 1. The Labute approximate surface area is 151 Å². The number of hydrogen-bond donors (Lipinski definition) is 0. The maximum Gasteiger partial charge on any atom is 0.307 e. The van der Waals surface area contributed by atoms with Crippen LogP contribution in [0.15, 0.2) is 60.7 Å². The maximum atomic E-state index is 12.0. The van der Waals surface area contributed by atoms with Gasteiger partial charge in [-0.15, -0.1) is 0 Å². The fourth-order valence-corrected chi connectivity index (χ4v) is 2.69. The molecule has 25 heavy (non-hydrogen) atoms. The van der Waals surface area contributed by atoms with Crippen molar-refractivity contribution in [2.24, 2.45) is 0 Å². The van der Waals surface area contributed by atoms with Crippen LogP contribution in [0.25, 0.3) is 0 Å². The molecule has 0 saturated heterocycles. The van der Waals surface area contributed by atoms with E-state index in [0.717, 1.165) is 19.5 Å². The summed E-state index contributed by atoms with van der Waals surface area (Å²) in [6.07, 6.45) is 1.39. The molecule has 0 radical (unpaired) electrons. The van der Waals surface area contributed by atoms with Crippen LogP contribution >= 0.6 is 0 Å². The largest absolute Gasteiger partial charge is 0.460 e. The molecule has 0 saturated carbocycles. The van der Waals surface area contributed by atoms with Gasteiger partial charge in [0.1, 0.15) is 5.60 Å². The Bertz CT molecular complexity index is 632. The fraction of sp³-hybridized carbons (Fsp3) is 0.409. The Morgan fingerprint density at radius 1 is 0.880 bits per heavy atom. The highest BCUT2D eigenvalue weighted by atomic mass is 16.6. The van der Waals surface area contributed by atoms with Crippen LogP contribution in [-0.2, 0) is 22.5 Å². The molecule has 134 valence electrons. The zero-order valence-corrected chi connectivity index (χ0v) is 15.6. The lowest BCUT2D eigenvalue weighted by molar-refractivity contribution is -0.155. The molecule has 0 aliphatic heterocycles. The minimum atomic E-state index is -0.425. The van der Waals surface area contributed by atoms with Crippen LogP contribution in [0.1, 0.15) is 38.3 Å². The predicted octanol–water partition coefficient (Wildman–Crippen LogP) is 4.46. The third kappa shape index (κ3) is 7.99. The van der Waals surface area contributed by atoms with Crippen molar-refractivity contribution in [3.05, 3.63) is 71.8 Å². The predicted molar refractivity (Wildman–Crippen MR) is 102 cm³/mol. The Balaban J connectivity index is 1.92. The normalized spacial score (nSPS) is 11.5. The van der Waals surface area contributed by atoms with Crippen molar-refractivity contribution < 1.29 is 9.53 Å². The monoisotopic (exact) mass is 339 g/mol. The minimum absolute atomic E-state index is 0.134. The van der Waals surface area contributed by atoms with E-state index in [9.17, 15) is 4.79 Å². The van der Waals surface area contributed by atoms with E-state index in [0.29, 0.717) is 13.0 Å². The SMILES string of the molecule is CC(C)(C)OC(=O)CCN(CCc1ccccc1)Cc1ccccc1. The molecular weight excluding hydrogens is 310 g/mol. The van der Waals surface area contributed by atoms with Crippen molar-refractivity contribution in [3.8, 4) is 0 Å². The summed E-state index contributed by atoms with van der Waals surface area (Å²) in [5.41, 5.74) is 2.16. The van der Waals surface area contributed by atoms with E-state index in [1.165, 1.54) is 11.1 Å². The van der Waals surface area contributed by atoms with Crippen LogP contribution in [0.3, 0.4) is 0 Å². The first-order chi connectivity index (χ1) is 11.9. The van der Waals surface area contributed by atoms with Crippen molar-refractivity contribution in [2.45, 2.75) is 45.8 Å². The Morgan fingerprint density at radius 2 is 1.44 bits per heavy atom. The van der Waals surface area contributed by atoms with Gasteiger partial charge in [0.05, 0.1) is 6.42 Å². The molecule has 0 fully saturated rings. The van der Waals surface area contributed by atoms with E-state index in [1.54, 1.807) is 0 Å². The molecule has 0 amide bonds. The van der Waals surface area contributed by atoms with Gasteiger partial charge in [-0.2, -0.15) is 0 Å². The van der Waals surface area contributed by atoms with E-state index in [-0.39, 0.29) is 5.97 Å². The van der Waals surface area contributed by atoms with Crippen molar-refractivity contribution in [2.75, 3.05) is 13.1 Å². The lowest BCUT2D eigenvalue weighted by Crippen LogP contribution is -2.31. The number of nitrogens with zero attached hydrogens (tertiary/aromatic N) is 1. The number of esters is 1. The van der Waals surface area contributed by atoms with Crippen LogP contribution in [0.5, 0.6) is 0 Å². The number of carbonyl (C=O) groups is 1. The van der Waals surface area contributed by atoms with Crippen LogP contribution in [0, 0.1) is 0 Å². The first kappa shape index (κ1) is 19.2. The van der Waals surface area contributed by atoms with Gasteiger partial charge in [-0.3, -0.25) is 9.69 Å². The molecule has 0 N–H and O–H groups in total. The average molecular weight is 339 g/mol. The summed E-state index contributed by atoms with van der Waals surface area (Å²) < 4.78 is 5.44. The van der Waals surface area contributed by atoms with Gasteiger partial charge in [-0.1, -0.05) is 60.7 Å². The van der Waals surface area contributed by atoms with Crippen molar-refractivity contribution in [1.29, 1.82) is 0 Å². The Kier molecular flexibility index (Phi) is 7.20. The van der Waals surface area contributed by atoms with Crippen LogP contribution in [0.2, 0.25) is 0 Å². The fourth-order valence-electron chi connectivity index (χ4n) is 2.69. The lowest BCUT2D eigenvalue weighted by atomic mass is 10.1. The van der Waals surface area contributed by atoms with Crippen LogP contribution < -0.4 is 0 Å². The zero-order valence-electron chi connectivity index (χ0n) is 15.6. The summed E-state index contributed by atoms with van der Waals surface area (Å²) in [5, 5.41) is 0. The third-order valence-electron chi connectivity index (χ3n) is 3.86. The third-order valence-corrected chi connectivity index (χ3v) is 3.86. The van der Waals surface area contributed by atoms with Crippen molar-refractivity contribution in [3.63, 3.8) is 0 Å². The van der Waals surface area contributed by atoms with Gasteiger partial charge in [0.15, 0.2) is 0 Å². The van der Waals surface area contributed by atoms with Gasteiger partial charge in [0.25, 0.3) is 0 Å². The quantitative estimate of drug-likeness (QED) is 0.665. The molecule has 0 heterocycles. The molecule has 0 aliphatic carbocycles. The molecule has 0 unspecified atom stereocenters. The Hall–Kier alpha value is -2.13. The first-order valence-electron chi connectivity index (χ1n) is 8.94. The van der Waals surface area contributed by atoms with E-state index >= 15 is 0 Å². The Morgan fingerprint density at radius 3 is 2.00 bits per heavy atom. The van der Waals surface area contributed by atoms with Crippen molar-refractivity contribution >= 4 is 5.97 Å². The minimum Gasteiger partial charge on any atom is -0.460 e. The number of benzene rings is 2. The van der Waals surface area contributed by atoms with Gasteiger partial charge in [0.2, 0.25) is 0 Å². The highest BCUT2D eigenvalue weighted by molar-refractivity contribution is 5.70. The summed E-state index contributed by atoms with van der Waals surface area (Å²) in [6, 6.07) is 20.9. The molecule has 2 aromatic rings. The molecule has 0 atom stereocenters. The van der Waals surface area contributed by atoms with E-state index in [1.807, 2.05) is 32.9 Å². The molecule has 0 bridgehead atoms. The van der Waals surface area contributed by atoms with Gasteiger partial charge < -0.3 is 4.74 Å². The highest BCUT2D eigenvalue weighted by Gasteiger charge is 2.17. The topological polar surface area (TPSA) is 29.5 Å². The molecule has 3 nitrogen and oxygen atoms in total. The van der Waals surface area contributed by atoms with Gasteiger partial charge >= 0.3 is 5.97 Å². The molecule has 3 heteroatoms. The lowest BCUT2D eigenvalue weighted by Gasteiger charge is -2.24. The molecule has 0 aliphatic rings. The van der Waals surface area contributed by atoms with Crippen LogP contribution in [0.4, 0.5) is 0 Å². The van der Waals surface area contributed by atoms with Crippen molar-refractivity contribution in [1.82, 2.24) is 4.90 Å². The molecule has 2 aromatic carbocycles. The van der Waals surface area contributed by atoms with Gasteiger partial charge in [0, 0.05) is 19.6 Å². The number of ether oxygens (including phenoxy) is 1. The second kappa shape index (κ2) is 9.38. The van der Waals surface area contributed by atoms with Crippen LogP contribution in [-0.4, -0.2) is 29.6 Å². The zero-order chi connectivity index (χ0) is 18.1. The van der Waals surface area contributed by atoms with Gasteiger partial charge in [-0.05, 0) is 38.3 Å². The standard InChI is InChI=1S/C22H29NO2/c1-22(2,3)25-21(24)15-17-23(18-20-12-8-5-9-13-20)16-14-19-10-6-4-7-11-19/h4-13H,14-18H2,1-3H3. The average Bonchev–Trinajstić information content (AvgIpc) is 2.57. The summed E-state index contributed by atoms with van der Waals surface area (Å²) in [5.74, 6) is -0.134. The van der Waals surface area contributed by atoms with Gasteiger partial charge in [-0.25, -0.2) is 0 Å². The second-order valence-electron chi connectivity index (χ2n) is 7.33. The second-order valence-corrected chi connectivity index (χ2v) is 7.33. The highest BCUT2D eigenvalue weighted by Crippen LogP contribution is 2.11. The molecular formula is C22H29NO2. The van der Waals surface area contributed by atoms with E-state index < -0.39 is 5.60 Å². The molecule has 2 rings (SSSR count). The molecule has 0 spiro atoms. The number of rotatable bonds is 8.